The van der Waals surface area contributed by atoms with Gasteiger partial charge >= 0.3 is 0 Å². The van der Waals surface area contributed by atoms with Gasteiger partial charge in [0.25, 0.3) is 0 Å². The Labute approximate surface area is 85.9 Å². The van der Waals surface area contributed by atoms with Crippen molar-refractivity contribution in [2.75, 3.05) is 7.11 Å². The van der Waals surface area contributed by atoms with Crippen molar-refractivity contribution in [3.05, 3.63) is 29.8 Å². The molecular formula is C9H8ClN3O. The van der Waals surface area contributed by atoms with Crippen LogP contribution in [0.15, 0.2) is 24.8 Å². The fraction of sp³-hybridized carbons (Fsp3) is 0.111. The number of halogens is 1. The van der Waals surface area contributed by atoms with Crippen molar-refractivity contribution in [3.8, 4) is 17.1 Å². The van der Waals surface area contributed by atoms with Gasteiger partial charge in [0, 0.05) is 6.20 Å². The predicted molar refractivity (Wildman–Crippen MR) is 53.4 cm³/mol. The monoisotopic (exact) mass is 209 g/mol. The van der Waals surface area contributed by atoms with E-state index < -0.39 is 0 Å². The zero-order chi connectivity index (χ0) is 9.97. The van der Waals surface area contributed by atoms with E-state index in [9.17, 15) is 0 Å². The lowest BCUT2D eigenvalue weighted by Gasteiger charge is -2.06. The number of pyridine rings is 1. The van der Waals surface area contributed by atoms with Crippen LogP contribution < -0.4 is 4.74 Å². The third-order valence-electron chi connectivity index (χ3n) is 1.83. The third-order valence-corrected chi connectivity index (χ3v) is 2.14. The minimum absolute atomic E-state index is 0.488. The maximum atomic E-state index is 6.03. The van der Waals surface area contributed by atoms with Crippen LogP contribution in [0.3, 0.4) is 0 Å². The summed E-state index contributed by atoms with van der Waals surface area (Å²) in [7, 11) is 1.55. The first-order valence-corrected chi connectivity index (χ1v) is 4.38. The first kappa shape index (κ1) is 9.02. The smallest absolute Gasteiger partial charge is 0.224 e. The van der Waals surface area contributed by atoms with Crippen LogP contribution >= 0.6 is 11.6 Å². The van der Waals surface area contributed by atoms with E-state index in [1.807, 2.05) is 0 Å². The summed E-state index contributed by atoms with van der Waals surface area (Å²) >= 11 is 6.03. The van der Waals surface area contributed by atoms with Crippen molar-refractivity contribution in [2.45, 2.75) is 0 Å². The molecule has 0 saturated carbocycles. The van der Waals surface area contributed by atoms with Crippen LogP contribution in [-0.4, -0.2) is 22.1 Å². The van der Waals surface area contributed by atoms with Crippen LogP contribution in [0.4, 0.5) is 0 Å². The molecule has 2 aromatic rings. The summed E-state index contributed by atoms with van der Waals surface area (Å²) in [5.41, 5.74) is 1.52. The van der Waals surface area contributed by atoms with E-state index in [0.29, 0.717) is 10.9 Å². The second-order valence-electron chi connectivity index (χ2n) is 2.64. The van der Waals surface area contributed by atoms with Gasteiger partial charge in [-0.15, -0.1) is 0 Å². The highest BCUT2D eigenvalue weighted by molar-refractivity contribution is 6.33. The Morgan fingerprint density at radius 2 is 2.36 bits per heavy atom. The number of nitrogens with zero attached hydrogens (tertiary/aromatic N) is 2. The average Bonchev–Trinajstić information content (AvgIpc) is 2.70. The van der Waals surface area contributed by atoms with Gasteiger partial charge in [-0.05, 0) is 6.07 Å². The van der Waals surface area contributed by atoms with Crippen LogP contribution in [0.2, 0.25) is 5.02 Å². The molecule has 0 aliphatic rings. The van der Waals surface area contributed by atoms with E-state index in [1.165, 1.54) is 0 Å². The van der Waals surface area contributed by atoms with Gasteiger partial charge < -0.3 is 9.72 Å². The molecule has 0 aliphatic carbocycles. The number of imidazole rings is 1. The zero-order valence-corrected chi connectivity index (χ0v) is 8.25. The molecule has 0 spiro atoms. The van der Waals surface area contributed by atoms with Gasteiger partial charge in [0.1, 0.15) is 0 Å². The van der Waals surface area contributed by atoms with E-state index in [1.54, 1.807) is 31.9 Å². The Morgan fingerprint density at radius 1 is 1.50 bits per heavy atom. The standard InChI is InChI=1S/C9H8ClN3O/c1-14-9-8(6(10)2-3-12-9)7-4-11-5-13-7/h2-5H,1H3,(H,11,13). The first-order chi connectivity index (χ1) is 6.83. The van der Waals surface area contributed by atoms with Gasteiger partial charge in [-0.2, -0.15) is 0 Å². The first-order valence-electron chi connectivity index (χ1n) is 4.00. The largest absolute Gasteiger partial charge is 0.480 e. The molecule has 0 saturated heterocycles. The molecule has 0 unspecified atom stereocenters. The highest BCUT2D eigenvalue weighted by Gasteiger charge is 2.11. The Kier molecular flexibility index (Phi) is 2.37. The van der Waals surface area contributed by atoms with Crippen molar-refractivity contribution in [3.63, 3.8) is 0 Å². The Morgan fingerprint density at radius 3 is 3.00 bits per heavy atom. The van der Waals surface area contributed by atoms with Crippen LogP contribution in [0, 0.1) is 0 Å². The maximum absolute atomic E-state index is 6.03. The summed E-state index contributed by atoms with van der Waals surface area (Å²) in [4.78, 5) is 10.9. The summed E-state index contributed by atoms with van der Waals surface area (Å²) in [5.74, 6) is 0.488. The van der Waals surface area contributed by atoms with E-state index in [-0.39, 0.29) is 0 Å². The number of hydrogen-bond donors (Lipinski definition) is 1. The molecule has 5 heteroatoms. The van der Waals surface area contributed by atoms with Gasteiger partial charge in [0.15, 0.2) is 0 Å². The maximum Gasteiger partial charge on any atom is 0.224 e. The molecule has 0 atom stereocenters. The van der Waals surface area contributed by atoms with Crippen LogP contribution in [-0.2, 0) is 0 Å². The van der Waals surface area contributed by atoms with Crippen molar-refractivity contribution in [2.24, 2.45) is 0 Å². The van der Waals surface area contributed by atoms with E-state index in [2.05, 4.69) is 15.0 Å². The summed E-state index contributed by atoms with van der Waals surface area (Å²) in [6.07, 6.45) is 4.85. The van der Waals surface area contributed by atoms with Crippen LogP contribution in [0.5, 0.6) is 5.88 Å². The second kappa shape index (κ2) is 3.67. The summed E-state index contributed by atoms with van der Waals surface area (Å²) in [6, 6.07) is 1.71. The number of nitrogens with one attached hydrogen (secondary N) is 1. The Balaban J connectivity index is 2.61. The van der Waals surface area contributed by atoms with Crippen molar-refractivity contribution < 1.29 is 4.74 Å². The molecule has 0 bridgehead atoms. The van der Waals surface area contributed by atoms with Crippen molar-refractivity contribution in [1.29, 1.82) is 0 Å². The van der Waals surface area contributed by atoms with Gasteiger partial charge in [0.2, 0.25) is 5.88 Å². The second-order valence-corrected chi connectivity index (χ2v) is 3.05. The zero-order valence-electron chi connectivity index (χ0n) is 7.49. The summed E-state index contributed by atoms with van der Waals surface area (Å²) < 4.78 is 5.11. The minimum atomic E-state index is 0.488. The highest BCUT2D eigenvalue weighted by atomic mass is 35.5. The lowest BCUT2D eigenvalue weighted by molar-refractivity contribution is 0.399. The van der Waals surface area contributed by atoms with Gasteiger partial charge in [-0.3, -0.25) is 0 Å². The molecule has 0 radical (unpaired) electrons. The lowest BCUT2D eigenvalue weighted by Crippen LogP contribution is -1.92. The molecule has 0 aliphatic heterocycles. The number of aromatic amines is 1. The number of ether oxygens (including phenoxy) is 1. The molecule has 2 aromatic heterocycles. The molecule has 1 N–H and O–H groups in total. The molecule has 0 amide bonds. The average molecular weight is 210 g/mol. The molecule has 0 fully saturated rings. The van der Waals surface area contributed by atoms with Gasteiger partial charge in [-0.1, -0.05) is 11.6 Å². The number of hydrogen-bond acceptors (Lipinski definition) is 3. The quantitative estimate of drug-likeness (QED) is 0.825. The minimum Gasteiger partial charge on any atom is -0.480 e. The number of aromatic nitrogens is 3. The summed E-state index contributed by atoms with van der Waals surface area (Å²) in [6.45, 7) is 0. The predicted octanol–water partition coefficient (Wildman–Crippen LogP) is 2.13. The lowest BCUT2D eigenvalue weighted by atomic mass is 10.2. The summed E-state index contributed by atoms with van der Waals surface area (Å²) in [5, 5.41) is 0.584. The normalized spacial score (nSPS) is 10.1. The fourth-order valence-electron chi connectivity index (χ4n) is 1.21. The molecule has 2 rings (SSSR count). The van der Waals surface area contributed by atoms with E-state index in [4.69, 9.17) is 16.3 Å². The van der Waals surface area contributed by atoms with Crippen LogP contribution in [0.1, 0.15) is 0 Å². The molecule has 14 heavy (non-hydrogen) atoms. The molecule has 2 heterocycles. The van der Waals surface area contributed by atoms with Crippen molar-refractivity contribution >= 4 is 11.6 Å². The molecular weight excluding hydrogens is 202 g/mol. The van der Waals surface area contributed by atoms with Gasteiger partial charge in [0.05, 0.1) is 35.9 Å². The Bertz CT molecular complexity index is 428. The van der Waals surface area contributed by atoms with Crippen molar-refractivity contribution in [1.82, 2.24) is 15.0 Å². The topological polar surface area (TPSA) is 50.8 Å². The SMILES string of the molecule is COc1nccc(Cl)c1-c1cnc[nH]1. The fourth-order valence-corrected chi connectivity index (χ4v) is 1.45. The van der Waals surface area contributed by atoms with E-state index >= 15 is 0 Å². The van der Waals surface area contributed by atoms with Crippen LogP contribution in [0.25, 0.3) is 11.3 Å². The molecule has 4 nitrogen and oxygen atoms in total. The molecule has 0 aromatic carbocycles. The third kappa shape index (κ3) is 1.44. The number of H-pyrrole nitrogens is 1. The van der Waals surface area contributed by atoms with E-state index in [0.717, 1.165) is 11.3 Å². The molecule has 72 valence electrons. The highest BCUT2D eigenvalue weighted by Crippen LogP contribution is 2.32. The number of methoxy groups -OCH3 is 1. The van der Waals surface area contributed by atoms with Gasteiger partial charge in [-0.25, -0.2) is 9.97 Å². The number of rotatable bonds is 2. The Hall–Kier alpha value is -1.55.